The predicted molar refractivity (Wildman–Crippen MR) is 134 cm³/mol. The van der Waals surface area contributed by atoms with E-state index in [1.165, 1.54) is 0 Å². The van der Waals surface area contributed by atoms with E-state index in [2.05, 4.69) is 25.9 Å². The number of nitrogens with zero attached hydrogens (tertiary/aromatic N) is 4. The Labute approximate surface area is 196 Å². The number of rotatable bonds is 6. The third kappa shape index (κ3) is 4.71. The average molecular weight is 453 g/mol. The quantitative estimate of drug-likeness (QED) is 0.297. The first-order valence-corrected chi connectivity index (χ1v) is 10.9. The van der Waals surface area contributed by atoms with Gasteiger partial charge in [0.2, 0.25) is 0 Å². The number of benzene rings is 3. The minimum atomic E-state index is 0.609. The van der Waals surface area contributed by atoms with E-state index in [1.807, 2.05) is 98.0 Å². The molecule has 162 valence electrons. The van der Waals surface area contributed by atoms with E-state index in [0.717, 1.165) is 45.4 Å². The minimum Gasteiger partial charge on any atom is -0.355 e. The van der Waals surface area contributed by atoms with Crippen LogP contribution in [0.5, 0.6) is 0 Å². The van der Waals surface area contributed by atoms with E-state index < -0.39 is 0 Å². The molecule has 0 unspecified atom stereocenters. The third-order valence-corrected chi connectivity index (χ3v) is 5.64. The number of anilines is 4. The van der Waals surface area contributed by atoms with E-state index in [9.17, 15) is 0 Å². The molecule has 0 aliphatic carbocycles. The highest BCUT2D eigenvalue weighted by molar-refractivity contribution is 6.33. The van der Waals surface area contributed by atoms with Gasteiger partial charge >= 0.3 is 0 Å². The molecule has 2 aromatic heterocycles. The molecule has 0 spiro atoms. The maximum Gasteiger partial charge on any atom is 0.113 e. The van der Waals surface area contributed by atoms with Crippen LogP contribution in [0, 0.1) is 6.92 Å². The van der Waals surface area contributed by atoms with Crippen molar-refractivity contribution in [3.63, 3.8) is 0 Å². The lowest BCUT2D eigenvalue weighted by Crippen LogP contribution is -1.96. The van der Waals surface area contributed by atoms with Gasteiger partial charge in [-0.05, 0) is 55.5 Å². The molecule has 2 heterocycles. The van der Waals surface area contributed by atoms with Crippen LogP contribution in [0.1, 0.15) is 5.69 Å². The number of para-hydroxylation sites is 1. The first kappa shape index (κ1) is 20.7. The lowest BCUT2D eigenvalue weighted by atomic mass is 10.1. The van der Waals surface area contributed by atoms with Crippen LogP contribution in [0.3, 0.4) is 0 Å². The van der Waals surface area contributed by atoms with Crippen LogP contribution in [0.25, 0.3) is 16.9 Å². The van der Waals surface area contributed by atoms with Crippen molar-refractivity contribution in [3.8, 4) is 16.9 Å². The Bertz CT molecular complexity index is 1400. The van der Waals surface area contributed by atoms with Crippen molar-refractivity contribution in [2.24, 2.45) is 0 Å². The van der Waals surface area contributed by atoms with E-state index in [-0.39, 0.29) is 0 Å². The molecule has 0 saturated carbocycles. The zero-order chi connectivity index (χ0) is 22.6. The second kappa shape index (κ2) is 9.14. The summed E-state index contributed by atoms with van der Waals surface area (Å²) in [5.74, 6) is 0. The lowest BCUT2D eigenvalue weighted by Gasteiger charge is -2.10. The molecule has 2 N–H and O–H groups in total. The monoisotopic (exact) mass is 452 g/mol. The van der Waals surface area contributed by atoms with Crippen LogP contribution in [0.15, 0.2) is 97.3 Å². The Hall–Kier alpha value is -4.16. The Morgan fingerprint density at radius 2 is 1.55 bits per heavy atom. The Morgan fingerprint density at radius 3 is 2.39 bits per heavy atom. The summed E-state index contributed by atoms with van der Waals surface area (Å²) in [7, 11) is 0. The topological polar surface area (TPSA) is 67.7 Å². The normalized spacial score (nSPS) is 10.7. The lowest BCUT2D eigenvalue weighted by molar-refractivity contribution is 0.804. The van der Waals surface area contributed by atoms with Crippen LogP contribution < -0.4 is 10.6 Å². The van der Waals surface area contributed by atoms with Crippen molar-refractivity contribution in [1.29, 1.82) is 0 Å². The number of nitrogens with one attached hydrogen (secondary N) is 2. The minimum absolute atomic E-state index is 0.609. The summed E-state index contributed by atoms with van der Waals surface area (Å²) in [5.41, 5.74) is 7.15. The van der Waals surface area contributed by atoms with E-state index >= 15 is 0 Å². The number of pyridine rings is 1. The first-order chi connectivity index (χ1) is 16.2. The van der Waals surface area contributed by atoms with Crippen LogP contribution >= 0.6 is 11.6 Å². The largest absolute Gasteiger partial charge is 0.355 e. The van der Waals surface area contributed by atoms with Crippen LogP contribution in [-0.4, -0.2) is 20.0 Å². The second-order valence-corrected chi connectivity index (χ2v) is 7.93. The van der Waals surface area contributed by atoms with Crippen LogP contribution in [0.4, 0.5) is 22.7 Å². The molecule has 0 atom stereocenters. The van der Waals surface area contributed by atoms with E-state index in [1.54, 1.807) is 10.9 Å². The summed E-state index contributed by atoms with van der Waals surface area (Å²) in [6.07, 6.45) is 3.66. The maximum absolute atomic E-state index is 6.38. The highest BCUT2D eigenvalue weighted by Gasteiger charge is 2.09. The van der Waals surface area contributed by atoms with E-state index in [4.69, 9.17) is 11.6 Å². The molecule has 33 heavy (non-hydrogen) atoms. The summed E-state index contributed by atoms with van der Waals surface area (Å²) in [5, 5.41) is 16.1. The van der Waals surface area contributed by atoms with Gasteiger partial charge in [-0.2, -0.15) is 0 Å². The van der Waals surface area contributed by atoms with Gasteiger partial charge in [-0.15, -0.1) is 5.10 Å². The molecule has 0 amide bonds. The van der Waals surface area contributed by atoms with Crippen LogP contribution in [-0.2, 0) is 0 Å². The summed E-state index contributed by atoms with van der Waals surface area (Å²) in [4.78, 5) is 4.21. The first-order valence-electron chi connectivity index (χ1n) is 10.5. The molecule has 0 bridgehead atoms. The summed E-state index contributed by atoms with van der Waals surface area (Å²) >= 11 is 6.38. The van der Waals surface area contributed by atoms with Crippen molar-refractivity contribution in [2.45, 2.75) is 6.92 Å². The molecular weight excluding hydrogens is 432 g/mol. The van der Waals surface area contributed by atoms with Gasteiger partial charge in [-0.25, -0.2) is 4.68 Å². The molecule has 5 rings (SSSR count). The highest BCUT2D eigenvalue weighted by Crippen LogP contribution is 2.29. The fourth-order valence-electron chi connectivity index (χ4n) is 3.49. The number of halogens is 1. The summed E-state index contributed by atoms with van der Waals surface area (Å²) in [6, 6.07) is 28.0. The molecule has 0 radical (unpaired) electrons. The molecular formula is C26H21ClN6. The van der Waals surface area contributed by atoms with Gasteiger partial charge in [-0.1, -0.05) is 53.2 Å². The van der Waals surface area contributed by atoms with Gasteiger partial charge in [0.15, 0.2) is 0 Å². The summed E-state index contributed by atoms with van der Waals surface area (Å²) < 4.78 is 1.77. The molecule has 3 aromatic carbocycles. The van der Waals surface area contributed by atoms with Gasteiger partial charge in [0.1, 0.15) is 5.69 Å². The molecule has 0 fully saturated rings. The molecule has 6 nitrogen and oxygen atoms in total. The summed E-state index contributed by atoms with van der Waals surface area (Å²) in [6.45, 7) is 1.88. The van der Waals surface area contributed by atoms with Crippen LogP contribution in [0.2, 0.25) is 5.02 Å². The number of aromatic nitrogens is 4. The number of aryl methyl sites for hydroxylation is 1. The Kier molecular flexibility index (Phi) is 5.74. The van der Waals surface area contributed by atoms with Gasteiger partial charge < -0.3 is 10.6 Å². The van der Waals surface area contributed by atoms with Crippen molar-refractivity contribution in [3.05, 3.63) is 108 Å². The molecule has 5 aromatic rings. The van der Waals surface area contributed by atoms with Gasteiger partial charge in [0.25, 0.3) is 0 Å². The third-order valence-electron chi connectivity index (χ3n) is 5.17. The zero-order valence-corrected chi connectivity index (χ0v) is 18.7. The SMILES string of the molecule is Cc1nccc(Nc2cccc(-c3cn(-c4cccc(Nc5ccccc5)c4)nn3)c2)c1Cl. The van der Waals surface area contributed by atoms with Gasteiger partial charge in [-0.3, -0.25) is 4.98 Å². The van der Waals surface area contributed by atoms with E-state index in [0.29, 0.717) is 5.02 Å². The van der Waals surface area contributed by atoms with Crippen molar-refractivity contribution >= 4 is 34.4 Å². The average Bonchev–Trinajstić information content (AvgIpc) is 3.34. The second-order valence-electron chi connectivity index (χ2n) is 7.55. The standard InChI is InChI=1S/C26H21ClN6/c1-18-26(27)24(13-14-28-18)30-21-10-5-7-19(15-21)25-17-33(32-31-25)23-12-6-11-22(16-23)29-20-8-3-2-4-9-20/h2-17,29H,1H3,(H,28,30). The molecule has 0 aliphatic heterocycles. The van der Waals surface area contributed by atoms with Gasteiger partial charge in [0, 0.05) is 28.8 Å². The van der Waals surface area contributed by atoms with Crippen molar-refractivity contribution < 1.29 is 0 Å². The number of hydrogen-bond donors (Lipinski definition) is 2. The zero-order valence-electron chi connectivity index (χ0n) is 17.9. The smallest absolute Gasteiger partial charge is 0.113 e. The maximum atomic E-state index is 6.38. The predicted octanol–water partition coefficient (Wildman–Crippen LogP) is 6.78. The molecule has 0 aliphatic rings. The van der Waals surface area contributed by atoms with Gasteiger partial charge in [0.05, 0.1) is 28.3 Å². The van der Waals surface area contributed by atoms with Crippen molar-refractivity contribution in [1.82, 2.24) is 20.0 Å². The fourth-order valence-corrected chi connectivity index (χ4v) is 3.65. The Morgan fingerprint density at radius 1 is 0.788 bits per heavy atom. The number of hydrogen-bond acceptors (Lipinski definition) is 5. The highest BCUT2D eigenvalue weighted by atomic mass is 35.5. The molecule has 7 heteroatoms. The molecule has 0 saturated heterocycles. The Balaban J connectivity index is 1.37. The van der Waals surface area contributed by atoms with Crippen molar-refractivity contribution in [2.75, 3.05) is 10.6 Å². The fraction of sp³-hybridized carbons (Fsp3) is 0.0385.